The van der Waals surface area contributed by atoms with Gasteiger partial charge < -0.3 is 5.11 Å². The number of aliphatic hydroxyl groups excluding tert-OH is 1. The molecule has 2 aromatic heterocycles. The van der Waals surface area contributed by atoms with E-state index in [0.717, 1.165) is 35.0 Å². The van der Waals surface area contributed by atoms with E-state index in [-0.39, 0.29) is 23.4 Å². The molecule has 1 aliphatic carbocycles. The molecule has 1 saturated carbocycles. The Hall–Kier alpha value is -2.68. The van der Waals surface area contributed by atoms with Crippen molar-refractivity contribution in [1.29, 1.82) is 0 Å². The molecule has 0 spiro atoms. The van der Waals surface area contributed by atoms with Gasteiger partial charge in [0.2, 0.25) is 0 Å². The molecule has 0 bridgehead atoms. The van der Waals surface area contributed by atoms with Crippen molar-refractivity contribution in [2.75, 3.05) is 0 Å². The fraction of sp³-hybridized carbons (Fsp3) is 0.400. The average molecular weight is 408 g/mol. The second-order valence-electron chi connectivity index (χ2n) is 7.50. The zero-order chi connectivity index (χ0) is 20.8. The highest BCUT2D eigenvalue weighted by Crippen LogP contribution is 2.33. The van der Waals surface area contributed by atoms with Gasteiger partial charge in [-0.2, -0.15) is 23.4 Å². The van der Waals surface area contributed by atoms with Crippen molar-refractivity contribution in [3.63, 3.8) is 0 Å². The smallest absolute Gasteiger partial charge is 0.389 e. The molecule has 0 saturated heterocycles. The van der Waals surface area contributed by atoms with E-state index in [4.69, 9.17) is 0 Å². The third kappa shape index (κ3) is 4.34. The summed E-state index contributed by atoms with van der Waals surface area (Å²) in [6, 6.07) is 4.54. The molecule has 0 amide bonds. The summed E-state index contributed by atoms with van der Waals surface area (Å²) >= 11 is 0. The molecule has 0 radical (unpaired) electrons. The second-order valence-corrected chi connectivity index (χ2v) is 7.50. The molecule has 1 N–H and O–H groups in total. The topological polar surface area (TPSA) is 55.9 Å². The van der Waals surface area contributed by atoms with Gasteiger partial charge in [-0.15, -0.1) is 0 Å². The zero-order valence-electron chi connectivity index (χ0n) is 15.7. The van der Waals surface area contributed by atoms with Crippen LogP contribution < -0.4 is 0 Å². The monoisotopic (exact) mass is 408 g/mol. The Labute approximate surface area is 164 Å². The molecule has 1 aliphatic rings. The first-order valence-electron chi connectivity index (χ1n) is 9.36. The van der Waals surface area contributed by atoms with Crippen LogP contribution in [0.2, 0.25) is 0 Å². The normalized spacial score (nSPS) is 15.7. The zero-order valence-corrected chi connectivity index (χ0v) is 15.7. The van der Waals surface area contributed by atoms with Crippen LogP contribution in [0.5, 0.6) is 0 Å². The maximum absolute atomic E-state index is 13.6. The molecular weight excluding hydrogens is 388 g/mol. The maximum Gasteiger partial charge on any atom is 0.435 e. The standard InChI is InChI=1S/C20H20F4N4O/c1-12(29)17-7-15(21)4-5-18(17)28-16(8-19(26-28)20(22,23)24)6-14-9-25-27(11-14)10-13-2-3-13/h4-5,7-9,11-13,29H,2-3,6,10H2,1H3/t12-/m1/s1. The van der Waals surface area contributed by atoms with Gasteiger partial charge in [0.1, 0.15) is 5.82 Å². The third-order valence-corrected chi connectivity index (χ3v) is 4.96. The van der Waals surface area contributed by atoms with Crippen LogP contribution in [0.1, 0.15) is 48.4 Å². The van der Waals surface area contributed by atoms with Crippen LogP contribution in [0.15, 0.2) is 36.7 Å². The average Bonchev–Trinajstić information content (AvgIpc) is 3.17. The van der Waals surface area contributed by atoms with Gasteiger partial charge in [0.05, 0.1) is 18.0 Å². The van der Waals surface area contributed by atoms with E-state index in [1.807, 2.05) is 6.20 Å². The molecule has 0 unspecified atom stereocenters. The number of aromatic nitrogens is 4. The molecule has 2 heterocycles. The summed E-state index contributed by atoms with van der Waals surface area (Å²) in [7, 11) is 0. The molecule has 0 aliphatic heterocycles. The lowest BCUT2D eigenvalue weighted by Crippen LogP contribution is -2.10. The first-order chi connectivity index (χ1) is 13.7. The fourth-order valence-electron chi connectivity index (χ4n) is 3.32. The number of alkyl halides is 3. The molecule has 154 valence electrons. The van der Waals surface area contributed by atoms with Crippen molar-refractivity contribution in [3.05, 3.63) is 65.0 Å². The van der Waals surface area contributed by atoms with Gasteiger partial charge in [0, 0.05) is 30.4 Å². The molecular formula is C20H20F4N4O. The van der Waals surface area contributed by atoms with Crippen LogP contribution >= 0.6 is 0 Å². The van der Waals surface area contributed by atoms with Crippen LogP contribution in [0.4, 0.5) is 17.6 Å². The number of nitrogens with zero attached hydrogens (tertiary/aromatic N) is 4. The molecule has 1 atom stereocenters. The number of halogens is 4. The minimum Gasteiger partial charge on any atom is -0.389 e. The quantitative estimate of drug-likeness (QED) is 0.620. The largest absolute Gasteiger partial charge is 0.435 e. The minimum atomic E-state index is -4.62. The van der Waals surface area contributed by atoms with E-state index < -0.39 is 23.8 Å². The highest BCUT2D eigenvalue weighted by molar-refractivity contribution is 5.44. The van der Waals surface area contributed by atoms with Crippen molar-refractivity contribution >= 4 is 0 Å². The lowest BCUT2D eigenvalue weighted by atomic mass is 10.1. The summed E-state index contributed by atoms with van der Waals surface area (Å²) in [5.74, 6) is 0.0358. The van der Waals surface area contributed by atoms with Crippen molar-refractivity contribution in [3.8, 4) is 5.69 Å². The number of benzene rings is 1. The Morgan fingerprint density at radius 1 is 1.24 bits per heavy atom. The van der Waals surface area contributed by atoms with Gasteiger partial charge >= 0.3 is 6.18 Å². The molecule has 29 heavy (non-hydrogen) atoms. The Kier molecular flexibility index (Phi) is 4.94. The molecule has 3 aromatic rings. The van der Waals surface area contributed by atoms with Gasteiger partial charge in [-0.25, -0.2) is 9.07 Å². The summed E-state index contributed by atoms with van der Waals surface area (Å²) in [6.45, 7) is 2.23. The van der Waals surface area contributed by atoms with Gasteiger partial charge in [0.15, 0.2) is 5.69 Å². The number of aliphatic hydroxyl groups is 1. The molecule has 9 heteroatoms. The van der Waals surface area contributed by atoms with Gasteiger partial charge in [0.25, 0.3) is 0 Å². The SMILES string of the molecule is C[C@@H](O)c1cc(F)ccc1-n1nc(C(F)(F)F)cc1Cc1cnn(CC2CC2)c1. The van der Waals surface area contributed by atoms with Crippen molar-refractivity contribution < 1.29 is 22.7 Å². The second kappa shape index (κ2) is 7.29. The molecule has 1 fully saturated rings. The van der Waals surface area contributed by atoms with Crippen LogP contribution in [-0.2, 0) is 19.1 Å². The Morgan fingerprint density at radius 3 is 2.66 bits per heavy atom. The summed E-state index contributed by atoms with van der Waals surface area (Å²) < 4.78 is 56.5. The van der Waals surface area contributed by atoms with Crippen LogP contribution in [0, 0.1) is 11.7 Å². The number of hydrogen-bond acceptors (Lipinski definition) is 3. The highest BCUT2D eigenvalue weighted by atomic mass is 19.4. The van der Waals surface area contributed by atoms with Crippen LogP contribution in [-0.4, -0.2) is 24.7 Å². The number of rotatable bonds is 6. The summed E-state index contributed by atoms with van der Waals surface area (Å²) in [4.78, 5) is 0. The van der Waals surface area contributed by atoms with Gasteiger partial charge in [-0.1, -0.05) is 0 Å². The first kappa shape index (κ1) is 19.6. The van der Waals surface area contributed by atoms with E-state index in [0.29, 0.717) is 5.92 Å². The maximum atomic E-state index is 13.6. The summed E-state index contributed by atoms with van der Waals surface area (Å²) in [5.41, 5.74) is 0.349. The van der Waals surface area contributed by atoms with Gasteiger partial charge in [-0.05, 0) is 55.5 Å². The molecule has 5 nitrogen and oxygen atoms in total. The third-order valence-electron chi connectivity index (χ3n) is 4.96. The van der Waals surface area contributed by atoms with Crippen molar-refractivity contribution in [1.82, 2.24) is 19.6 Å². The molecule has 1 aromatic carbocycles. The number of hydrogen-bond donors (Lipinski definition) is 1. The lowest BCUT2D eigenvalue weighted by molar-refractivity contribution is -0.141. The Morgan fingerprint density at radius 2 is 2.00 bits per heavy atom. The van der Waals surface area contributed by atoms with Crippen molar-refractivity contribution in [2.45, 2.75) is 45.0 Å². The van der Waals surface area contributed by atoms with Gasteiger partial charge in [-0.3, -0.25) is 4.68 Å². The first-order valence-corrected chi connectivity index (χ1v) is 9.36. The van der Waals surface area contributed by atoms with E-state index >= 15 is 0 Å². The molecule has 4 rings (SSSR count). The predicted octanol–water partition coefficient (Wildman–Crippen LogP) is 4.28. The fourth-order valence-corrected chi connectivity index (χ4v) is 3.32. The van der Waals surface area contributed by atoms with Crippen molar-refractivity contribution in [2.24, 2.45) is 5.92 Å². The summed E-state index contributed by atoms with van der Waals surface area (Å²) in [5, 5.41) is 18.0. The summed E-state index contributed by atoms with van der Waals surface area (Å²) in [6.07, 6.45) is 0.267. The van der Waals surface area contributed by atoms with E-state index in [9.17, 15) is 22.7 Å². The minimum absolute atomic E-state index is 0.160. The van der Waals surface area contributed by atoms with Crippen LogP contribution in [0.3, 0.4) is 0 Å². The highest BCUT2D eigenvalue weighted by Gasteiger charge is 2.35. The van der Waals surface area contributed by atoms with E-state index in [1.165, 1.54) is 25.8 Å². The van der Waals surface area contributed by atoms with E-state index in [1.54, 1.807) is 10.9 Å². The predicted molar refractivity (Wildman–Crippen MR) is 96.9 cm³/mol. The Balaban J connectivity index is 1.73. The van der Waals surface area contributed by atoms with E-state index in [2.05, 4.69) is 10.2 Å². The Bertz CT molecular complexity index is 1020. The lowest BCUT2D eigenvalue weighted by Gasteiger charge is -2.14. The van der Waals surface area contributed by atoms with Crippen LogP contribution in [0.25, 0.3) is 5.69 Å².